The van der Waals surface area contributed by atoms with E-state index in [0.29, 0.717) is 10.7 Å². The largest absolute Gasteiger partial charge is 0.482 e. The first kappa shape index (κ1) is 22.9. The number of hydrogen-bond donors (Lipinski definition) is 2. The Kier molecular flexibility index (Phi) is 7.63. The summed E-state index contributed by atoms with van der Waals surface area (Å²) in [5, 5.41) is 3.44. The van der Waals surface area contributed by atoms with E-state index < -0.39 is 10.0 Å². The number of carbonyl (C=O) groups excluding carboxylic acids is 1. The average Bonchev–Trinajstić information content (AvgIpc) is 2.69. The molecule has 0 radical (unpaired) electrons. The van der Waals surface area contributed by atoms with E-state index in [0.717, 1.165) is 37.7 Å². The Bertz CT molecular complexity index is 1020. The highest BCUT2D eigenvalue weighted by Crippen LogP contribution is 2.28. The highest BCUT2D eigenvalue weighted by molar-refractivity contribution is 7.89. The summed E-state index contributed by atoms with van der Waals surface area (Å²) >= 11 is 12.1. The van der Waals surface area contributed by atoms with Crippen LogP contribution in [0.5, 0.6) is 5.75 Å². The van der Waals surface area contributed by atoms with E-state index in [1.807, 2.05) is 6.92 Å². The molecule has 0 unspecified atom stereocenters. The van der Waals surface area contributed by atoms with Crippen LogP contribution in [-0.2, 0) is 14.8 Å². The molecule has 0 aromatic heterocycles. The molecular formula is C21H24Cl2N2O4S. The number of carbonyl (C=O) groups is 1. The molecule has 0 bridgehead atoms. The van der Waals surface area contributed by atoms with Crippen LogP contribution in [0.25, 0.3) is 0 Å². The molecule has 1 amide bonds. The maximum Gasteiger partial charge on any atom is 0.262 e. The summed E-state index contributed by atoms with van der Waals surface area (Å²) in [6.07, 6.45) is 4.88. The Hall–Kier alpha value is -1.80. The summed E-state index contributed by atoms with van der Waals surface area (Å²) in [6, 6.07) is 9.31. The van der Waals surface area contributed by atoms with Crippen molar-refractivity contribution in [2.24, 2.45) is 0 Å². The molecule has 2 aromatic rings. The molecule has 6 nitrogen and oxygen atoms in total. The van der Waals surface area contributed by atoms with Gasteiger partial charge in [0.2, 0.25) is 10.0 Å². The molecule has 3 rings (SSSR count). The lowest BCUT2D eigenvalue weighted by Gasteiger charge is -2.22. The highest BCUT2D eigenvalue weighted by Gasteiger charge is 2.22. The summed E-state index contributed by atoms with van der Waals surface area (Å²) in [7, 11) is -3.66. The molecule has 30 heavy (non-hydrogen) atoms. The minimum atomic E-state index is -3.66. The zero-order valence-corrected chi connectivity index (χ0v) is 18.9. The molecule has 1 aliphatic rings. The Morgan fingerprint density at radius 3 is 2.50 bits per heavy atom. The number of anilines is 1. The second-order valence-electron chi connectivity index (χ2n) is 7.34. The van der Waals surface area contributed by atoms with Crippen molar-refractivity contribution in [2.75, 3.05) is 11.9 Å². The van der Waals surface area contributed by atoms with Gasteiger partial charge in [0, 0.05) is 16.8 Å². The number of aryl methyl sites for hydroxylation is 1. The maximum atomic E-state index is 12.6. The van der Waals surface area contributed by atoms with Crippen molar-refractivity contribution < 1.29 is 17.9 Å². The number of ether oxygens (including phenoxy) is 1. The van der Waals surface area contributed by atoms with Gasteiger partial charge in [-0.15, -0.1) is 0 Å². The highest BCUT2D eigenvalue weighted by atomic mass is 35.5. The lowest BCUT2D eigenvalue weighted by Crippen LogP contribution is -2.36. The lowest BCUT2D eigenvalue weighted by atomic mass is 9.96. The molecule has 0 aliphatic heterocycles. The smallest absolute Gasteiger partial charge is 0.262 e. The first-order valence-corrected chi connectivity index (χ1v) is 12.0. The number of rotatable bonds is 7. The molecule has 2 N–H and O–H groups in total. The van der Waals surface area contributed by atoms with Crippen LogP contribution in [0.3, 0.4) is 0 Å². The Morgan fingerprint density at radius 2 is 1.83 bits per heavy atom. The van der Waals surface area contributed by atoms with Crippen molar-refractivity contribution in [3.8, 4) is 5.75 Å². The Labute approximate surface area is 187 Å². The van der Waals surface area contributed by atoms with Crippen molar-refractivity contribution >= 4 is 44.8 Å². The maximum absolute atomic E-state index is 12.6. The molecule has 2 aromatic carbocycles. The molecule has 162 valence electrons. The number of sulfonamides is 1. The van der Waals surface area contributed by atoms with Gasteiger partial charge in [0.15, 0.2) is 6.61 Å². The van der Waals surface area contributed by atoms with Crippen molar-refractivity contribution in [2.45, 2.75) is 50.0 Å². The van der Waals surface area contributed by atoms with Crippen LogP contribution in [0.15, 0.2) is 41.3 Å². The number of halogens is 2. The first-order valence-electron chi connectivity index (χ1n) is 9.75. The number of benzene rings is 2. The second kappa shape index (κ2) is 10.0. The van der Waals surface area contributed by atoms with Gasteiger partial charge in [0.25, 0.3) is 5.91 Å². The van der Waals surface area contributed by atoms with E-state index >= 15 is 0 Å². The van der Waals surface area contributed by atoms with Gasteiger partial charge in [-0.2, -0.15) is 0 Å². The number of nitrogens with one attached hydrogen (secondary N) is 2. The molecule has 1 aliphatic carbocycles. The van der Waals surface area contributed by atoms with Crippen molar-refractivity contribution in [3.63, 3.8) is 0 Å². The van der Waals surface area contributed by atoms with E-state index in [-0.39, 0.29) is 34.2 Å². The number of amides is 1. The van der Waals surface area contributed by atoms with Crippen LogP contribution < -0.4 is 14.8 Å². The normalized spacial score (nSPS) is 15.0. The quantitative estimate of drug-likeness (QED) is 0.600. The third-order valence-corrected chi connectivity index (χ3v) is 7.01. The molecule has 0 saturated heterocycles. The fourth-order valence-electron chi connectivity index (χ4n) is 3.37. The molecule has 9 heteroatoms. The predicted octanol–water partition coefficient (Wildman–Crippen LogP) is 4.93. The van der Waals surface area contributed by atoms with Gasteiger partial charge >= 0.3 is 0 Å². The molecule has 1 saturated carbocycles. The molecule has 0 heterocycles. The summed E-state index contributed by atoms with van der Waals surface area (Å²) < 4.78 is 33.4. The van der Waals surface area contributed by atoms with Gasteiger partial charge in [-0.25, -0.2) is 13.1 Å². The zero-order valence-electron chi connectivity index (χ0n) is 16.6. The number of hydrogen-bond acceptors (Lipinski definition) is 4. The van der Waals surface area contributed by atoms with Gasteiger partial charge in [-0.05, 0) is 61.7 Å². The van der Waals surface area contributed by atoms with Crippen molar-refractivity contribution in [1.29, 1.82) is 0 Å². The summed E-state index contributed by atoms with van der Waals surface area (Å²) in [5.41, 5.74) is 1.46. The Morgan fingerprint density at radius 1 is 1.10 bits per heavy atom. The van der Waals surface area contributed by atoms with Crippen LogP contribution in [0, 0.1) is 6.92 Å². The van der Waals surface area contributed by atoms with Crippen LogP contribution in [0.2, 0.25) is 10.0 Å². The van der Waals surface area contributed by atoms with E-state index in [1.54, 1.807) is 18.2 Å². The van der Waals surface area contributed by atoms with Gasteiger partial charge in [0.1, 0.15) is 5.75 Å². The summed E-state index contributed by atoms with van der Waals surface area (Å²) in [5.74, 6) is -0.136. The zero-order chi connectivity index (χ0) is 21.7. The van der Waals surface area contributed by atoms with E-state index in [9.17, 15) is 13.2 Å². The molecular weight excluding hydrogens is 447 g/mol. The van der Waals surface area contributed by atoms with E-state index in [1.165, 1.54) is 18.2 Å². The summed E-state index contributed by atoms with van der Waals surface area (Å²) in [4.78, 5) is 12.2. The van der Waals surface area contributed by atoms with E-state index in [2.05, 4.69) is 10.0 Å². The van der Waals surface area contributed by atoms with Gasteiger partial charge in [-0.1, -0.05) is 42.5 Å². The van der Waals surface area contributed by atoms with E-state index in [4.69, 9.17) is 27.9 Å². The Balaban J connectivity index is 1.60. The standard InChI is InChI=1S/C21H24Cl2N2O4S/c1-14-11-15(22)7-9-19(14)24-21(26)13-29-20-10-8-17(12-18(20)23)30(27,28)25-16-5-3-2-4-6-16/h7-12,16,25H,2-6,13H2,1H3,(H,24,26). The van der Waals surface area contributed by atoms with Crippen LogP contribution in [0.4, 0.5) is 5.69 Å². The van der Waals surface area contributed by atoms with Crippen LogP contribution in [0.1, 0.15) is 37.7 Å². The second-order valence-corrected chi connectivity index (χ2v) is 9.90. The monoisotopic (exact) mass is 470 g/mol. The molecule has 0 atom stereocenters. The van der Waals surface area contributed by atoms with Crippen molar-refractivity contribution in [3.05, 3.63) is 52.0 Å². The minimum absolute atomic E-state index is 0.0431. The molecule has 0 spiro atoms. The van der Waals surface area contributed by atoms with Crippen LogP contribution >= 0.6 is 23.2 Å². The van der Waals surface area contributed by atoms with Gasteiger partial charge < -0.3 is 10.1 Å². The first-order chi connectivity index (χ1) is 14.2. The SMILES string of the molecule is Cc1cc(Cl)ccc1NC(=O)COc1ccc(S(=O)(=O)NC2CCCCC2)cc1Cl. The lowest BCUT2D eigenvalue weighted by molar-refractivity contribution is -0.118. The van der Waals surface area contributed by atoms with Crippen LogP contribution in [-0.4, -0.2) is 27.0 Å². The third kappa shape index (κ3) is 6.11. The molecule has 1 fully saturated rings. The summed E-state index contributed by atoms with van der Waals surface area (Å²) in [6.45, 7) is 1.56. The van der Waals surface area contributed by atoms with Gasteiger partial charge in [0.05, 0.1) is 9.92 Å². The fraction of sp³-hybridized carbons (Fsp3) is 0.381. The fourth-order valence-corrected chi connectivity index (χ4v) is 5.23. The minimum Gasteiger partial charge on any atom is -0.482 e. The van der Waals surface area contributed by atoms with Gasteiger partial charge in [-0.3, -0.25) is 4.79 Å². The topological polar surface area (TPSA) is 84.5 Å². The average molecular weight is 471 g/mol. The van der Waals surface area contributed by atoms with Crippen molar-refractivity contribution in [1.82, 2.24) is 4.72 Å². The third-order valence-electron chi connectivity index (χ3n) is 4.96. The predicted molar refractivity (Wildman–Crippen MR) is 119 cm³/mol.